The zero-order valence-corrected chi connectivity index (χ0v) is 17.9. The molecule has 0 fully saturated rings. The minimum absolute atomic E-state index is 0.146. The lowest BCUT2D eigenvalue weighted by molar-refractivity contribution is -0.141. The molecule has 1 aromatic heterocycles. The van der Waals surface area contributed by atoms with Crippen molar-refractivity contribution in [2.75, 3.05) is 0 Å². The number of halogens is 4. The zero-order valence-electron chi connectivity index (χ0n) is 17.2. The van der Waals surface area contributed by atoms with Gasteiger partial charge in [-0.05, 0) is 60.7 Å². The summed E-state index contributed by atoms with van der Waals surface area (Å²) in [4.78, 5) is 12.8. The number of rotatable bonds is 5. The van der Waals surface area contributed by atoms with Gasteiger partial charge in [-0.25, -0.2) is 4.68 Å². The quantitative estimate of drug-likeness (QED) is 0.563. The second-order valence-electron chi connectivity index (χ2n) is 7.86. The number of aliphatic hydroxyl groups is 1. The van der Waals surface area contributed by atoms with E-state index < -0.39 is 23.9 Å². The van der Waals surface area contributed by atoms with Crippen molar-refractivity contribution >= 4 is 17.5 Å². The van der Waals surface area contributed by atoms with E-state index in [4.69, 9.17) is 11.6 Å². The molecule has 1 heterocycles. The van der Waals surface area contributed by atoms with Crippen LogP contribution in [0.15, 0.2) is 48.5 Å². The Balaban J connectivity index is 1.54. The van der Waals surface area contributed by atoms with E-state index in [0.717, 1.165) is 33.9 Å². The number of nitrogens with zero attached hydrogens (tertiary/aromatic N) is 2. The summed E-state index contributed by atoms with van der Waals surface area (Å²) in [6, 6.07) is 12.8. The lowest BCUT2D eigenvalue weighted by Crippen LogP contribution is -2.28. The van der Waals surface area contributed by atoms with E-state index >= 15 is 0 Å². The molecule has 2 N–H and O–H groups in total. The number of nitrogens with one attached hydrogen (secondary N) is 1. The van der Waals surface area contributed by atoms with Gasteiger partial charge >= 0.3 is 6.18 Å². The fourth-order valence-electron chi connectivity index (χ4n) is 3.87. The molecule has 4 rings (SSSR count). The first-order chi connectivity index (χ1) is 15.1. The van der Waals surface area contributed by atoms with Crippen LogP contribution in [0.2, 0.25) is 5.02 Å². The average Bonchev–Trinajstić information content (AvgIpc) is 3.35. The highest BCUT2D eigenvalue weighted by atomic mass is 35.5. The van der Waals surface area contributed by atoms with Gasteiger partial charge in [-0.1, -0.05) is 35.9 Å². The van der Waals surface area contributed by atoms with E-state index in [1.54, 1.807) is 25.1 Å². The Morgan fingerprint density at radius 3 is 2.78 bits per heavy atom. The molecule has 1 aliphatic carbocycles. The van der Waals surface area contributed by atoms with Gasteiger partial charge in [-0.15, -0.1) is 0 Å². The number of benzene rings is 2. The van der Waals surface area contributed by atoms with Crippen LogP contribution in [0.4, 0.5) is 13.2 Å². The van der Waals surface area contributed by atoms with Crippen molar-refractivity contribution in [3.05, 3.63) is 81.6 Å². The van der Waals surface area contributed by atoms with Gasteiger partial charge in [0.2, 0.25) is 5.91 Å². The Bertz CT molecular complexity index is 1160. The van der Waals surface area contributed by atoms with Gasteiger partial charge in [0.25, 0.3) is 0 Å². The van der Waals surface area contributed by atoms with Crippen molar-refractivity contribution in [3.8, 4) is 5.69 Å². The summed E-state index contributed by atoms with van der Waals surface area (Å²) in [6.45, 7) is 1.57. The second kappa shape index (κ2) is 8.60. The predicted molar refractivity (Wildman–Crippen MR) is 114 cm³/mol. The number of hydrogen-bond acceptors (Lipinski definition) is 3. The van der Waals surface area contributed by atoms with Crippen LogP contribution in [0.25, 0.3) is 5.69 Å². The summed E-state index contributed by atoms with van der Waals surface area (Å²) in [5, 5.41) is 16.8. The molecule has 0 saturated carbocycles. The molecule has 168 valence electrons. The van der Waals surface area contributed by atoms with Gasteiger partial charge in [-0.2, -0.15) is 18.3 Å². The highest BCUT2D eigenvalue weighted by molar-refractivity contribution is 6.30. The molecule has 32 heavy (non-hydrogen) atoms. The Morgan fingerprint density at radius 2 is 2.06 bits per heavy atom. The van der Waals surface area contributed by atoms with Crippen LogP contribution >= 0.6 is 11.6 Å². The van der Waals surface area contributed by atoms with E-state index in [1.165, 1.54) is 6.07 Å². The molecule has 0 aliphatic heterocycles. The third kappa shape index (κ3) is 4.52. The standard InChI is InChI=1S/C23H21ClF3N3O2/c1-13(15-6-5-14-7-8-20(31)19(14)9-15)22(32)28-12-18-11-21(23(25,26)27)29-30(18)17-4-2-3-16(24)10-17/h2-6,9-11,13,20,31H,7-8,12H2,1H3,(H,28,32). The third-order valence-electron chi connectivity index (χ3n) is 5.68. The number of aliphatic hydroxyl groups excluding tert-OH is 1. The molecule has 3 aromatic rings. The molecule has 1 aliphatic rings. The first kappa shape index (κ1) is 22.4. The smallest absolute Gasteiger partial charge is 0.388 e. The molecule has 2 unspecified atom stereocenters. The van der Waals surface area contributed by atoms with Gasteiger partial charge in [0.05, 0.1) is 29.9 Å². The van der Waals surface area contributed by atoms with Crippen LogP contribution in [-0.4, -0.2) is 20.8 Å². The molecule has 0 radical (unpaired) electrons. The number of carbonyl (C=O) groups excluding carboxylic acids is 1. The van der Waals surface area contributed by atoms with Crippen molar-refractivity contribution in [2.24, 2.45) is 0 Å². The molecular weight excluding hydrogens is 443 g/mol. The van der Waals surface area contributed by atoms with Crippen LogP contribution in [0.3, 0.4) is 0 Å². The lowest BCUT2D eigenvalue weighted by atomic mass is 9.96. The Kier molecular flexibility index (Phi) is 6.01. The van der Waals surface area contributed by atoms with Gasteiger partial charge in [0.15, 0.2) is 5.69 Å². The molecular formula is C23H21ClF3N3O2. The average molecular weight is 464 g/mol. The number of fused-ring (bicyclic) bond motifs is 1. The number of aromatic nitrogens is 2. The maximum Gasteiger partial charge on any atom is 0.435 e. The van der Waals surface area contributed by atoms with Gasteiger partial charge in [0, 0.05) is 5.02 Å². The zero-order chi connectivity index (χ0) is 23.0. The van der Waals surface area contributed by atoms with Crippen LogP contribution in [-0.2, 0) is 23.9 Å². The van der Waals surface area contributed by atoms with Crippen molar-refractivity contribution in [2.45, 2.75) is 44.5 Å². The van der Waals surface area contributed by atoms with Gasteiger partial charge < -0.3 is 10.4 Å². The summed E-state index contributed by atoms with van der Waals surface area (Å²) in [6.07, 6.45) is -3.70. The fourth-order valence-corrected chi connectivity index (χ4v) is 4.05. The maximum absolute atomic E-state index is 13.3. The van der Waals surface area contributed by atoms with Crippen molar-refractivity contribution in [1.29, 1.82) is 0 Å². The van der Waals surface area contributed by atoms with E-state index in [-0.39, 0.29) is 18.1 Å². The normalized spacial score (nSPS) is 16.6. The molecule has 9 heteroatoms. The Hall–Kier alpha value is -2.84. The van der Waals surface area contributed by atoms with Crippen LogP contribution in [0.1, 0.15) is 53.4 Å². The molecule has 0 bridgehead atoms. The monoisotopic (exact) mass is 463 g/mol. The minimum atomic E-state index is -4.62. The third-order valence-corrected chi connectivity index (χ3v) is 5.91. The molecule has 2 aromatic carbocycles. The minimum Gasteiger partial charge on any atom is -0.388 e. The lowest BCUT2D eigenvalue weighted by Gasteiger charge is -2.15. The number of hydrogen-bond donors (Lipinski definition) is 2. The van der Waals surface area contributed by atoms with E-state index in [2.05, 4.69) is 10.4 Å². The fraction of sp³-hybridized carbons (Fsp3) is 0.304. The predicted octanol–water partition coefficient (Wildman–Crippen LogP) is 4.94. The number of carbonyl (C=O) groups is 1. The summed E-state index contributed by atoms with van der Waals surface area (Å²) >= 11 is 5.98. The van der Waals surface area contributed by atoms with Gasteiger partial charge in [-0.3, -0.25) is 4.79 Å². The first-order valence-corrected chi connectivity index (χ1v) is 10.5. The molecule has 0 spiro atoms. The highest BCUT2D eigenvalue weighted by Gasteiger charge is 2.35. The van der Waals surface area contributed by atoms with Crippen LogP contribution in [0.5, 0.6) is 0 Å². The number of amides is 1. The second-order valence-corrected chi connectivity index (χ2v) is 8.30. The summed E-state index contributed by atoms with van der Waals surface area (Å²) in [5.41, 5.74) is 2.11. The van der Waals surface area contributed by atoms with Crippen LogP contribution < -0.4 is 5.32 Å². The maximum atomic E-state index is 13.3. The summed E-state index contributed by atoms with van der Waals surface area (Å²) in [5.74, 6) is -0.887. The Labute approximate surface area is 187 Å². The van der Waals surface area contributed by atoms with E-state index in [0.29, 0.717) is 17.1 Å². The van der Waals surface area contributed by atoms with E-state index in [1.807, 2.05) is 18.2 Å². The van der Waals surface area contributed by atoms with E-state index in [9.17, 15) is 23.1 Å². The summed E-state index contributed by atoms with van der Waals surface area (Å²) < 4.78 is 40.9. The first-order valence-electron chi connectivity index (χ1n) is 10.1. The topological polar surface area (TPSA) is 67.2 Å². The molecule has 1 amide bonds. The molecule has 0 saturated heterocycles. The van der Waals surface area contributed by atoms with Gasteiger partial charge in [0.1, 0.15) is 0 Å². The molecule has 5 nitrogen and oxygen atoms in total. The summed E-state index contributed by atoms with van der Waals surface area (Å²) in [7, 11) is 0. The number of alkyl halides is 3. The van der Waals surface area contributed by atoms with Crippen molar-refractivity contribution < 1.29 is 23.1 Å². The molecule has 2 atom stereocenters. The number of aryl methyl sites for hydroxylation is 1. The highest BCUT2D eigenvalue weighted by Crippen LogP contribution is 2.33. The van der Waals surface area contributed by atoms with Crippen LogP contribution in [0, 0.1) is 0 Å². The SMILES string of the molecule is CC(C(=O)NCc1cc(C(F)(F)F)nn1-c1cccc(Cl)c1)c1ccc2c(c1)C(O)CC2. The van der Waals surface area contributed by atoms with Crippen molar-refractivity contribution in [3.63, 3.8) is 0 Å². The Morgan fingerprint density at radius 1 is 1.28 bits per heavy atom. The largest absolute Gasteiger partial charge is 0.435 e. The van der Waals surface area contributed by atoms with Crippen molar-refractivity contribution in [1.82, 2.24) is 15.1 Å².